The van der Waals surface area contributed by atoms with Gasteiger partial charge in [-0.2, -0.15) is 4.31 Å². The Morgan fingerprint density at radius 2 is 1.12 bits per heavy atom. The molecule has 13 nitrogen and oxygen atoms in total. The zero-order chi connectivity index (χ0) is 46.6. The van der Waals surface area contributed by atoms with Gasteiger partial charge in [-0.1, -0.05) is 144 Å². The van der Waals surface area contributed by atoms with Gasteiger partial charge in [0, 0.05) is 75.7 Å². The quantitative estimate of drug-likeness (QED) is 0.0885. The summed E-state index contributed by atoms with van der Waals surface area (Å²) in [5.41, 5.74) is 2.38. The largest absolute Gasteiger partial charge is 0.354 e. The van der Waals surface area contributed by atoms with E-state index in [9.17, 15) is 32.4 Å². The number of piperazine rings is 1. The SMILES string of the molecule is CCCCCCCCCCCCCCNC(=O)[C@H]1CN(S(=O)(=O)c2cccc(C(=O)N3C[C@@H](C(=O)N[C@H]4C[C@@H]4c4ccccc4)[C@H](C(=O)N[C@H]4C[C@@H]4c4ccccc4)C3)c2)CCN1C(C)=O. The molecule has 2 heterocycles. The summed E-state index contributed by atoms with van der Waals surface area (Å²) in [6, 6.07) is 24.6. The van der Waals surface area contributed by atoms with Crippen molar-refractivity contribution in [2.24, 2.45) is 11.8 Å². The molecule has 356 valence electrons. The second kappa shape index (κ2) is 23.1. The number of unbranched alkanes of at least 4 members (excludes halogenated alkanes) is 11. The molecule has 2 saturated heterocycles. The molecule has 3 aromatic carbocycles. The van der Waals surface area contributed by atoms with E-state index in [1.54, 1.807) is 0 Å². The molecule has 0 radical (unpaired) electrons. The van der Waals surface area contributed by atoms with E-state index in [2.05, 4.69) is 22.9 Å². The maximum atomic E-state index is 14.3. The van der Waals surface area contributed by atoms with Gasteiger partial charge in [0.25, 0.3) is 5.91 Å². The van der Waals surface area contributed by atoms with Crippen LogP contribution in [0.15, 0.2) is 89.8 Å². The maximum absolute atomic E-state index is 14.3. The Morgan fingerprint density at radius 1 is 0.606 bits per heavy atom. The highest BCUT2D eigenvalue weighted by atomic mass is 32.2. The highest BCUT2D eigenvalue weighted by Gasteiger charge is 2.49. The molecular weight excluding hydrogens is 853 g/mol. The topological polar surface area (TPSA) is 165 Å². The van der Waals surface area contributed by atoms with E-state index in [1.807, 2.05) is 60.7 Å². The van der Waals surface area contributed by atoms with Crippen LogP contribution in [0.5, 0.6) is 0 Å². The molecule has 5 amide bonds. The van der Waals surface area contributed by atoms with Crippen LogP contribution in [0.25, 0.3) is 0 Å². The molecule has 4 aliphatic rings. The first-order valence-corrected chi connectivity index (χ1v) is 26.0. The van der Waals surface area contributed by atoms with Crippen molar-refractivity contribution < 1.29 is 32.4 Å². The van der Waals surface area contributed by atoms with E-state index in [0.717, 1.165) is 43.2 Å². The van der Waals surface area contributed by atoms with Crippen molar-refractivity contribution in [1.82, 2.24) is 30.1 Å². The number of hydrogen-bond acceptors (Lipinski definition) is 7. The number of sulfonamides is 1. The summed E-state index contributed by atoms with van der Waals surface area (Å²) >= 11 is 0. The summed E-state index contributed by atoms with van der Waals surface area (Å²) in [6.45, 7) is 3.87. The molecule has 7 rings (SSSR count). The van der Waals surface area contributed by atoms with Crippen molar-refractivity contribution >= 4 is 39.6 Å². The highest BCUT2D eigenvalue weighted by Crippen LogP contribution is 2.43. The van der Waals surface area contributed by atoms with Crippen LogP contribution in [0.3, 0.4) is 0 Å². The predicted molar refractivity (Wildman–Crippen MR) is 255 cm³/mol. The van der Waals surface area contributed by atoms with E-state index in [1.165, 1.54) is 103 Å². The van der Waals surface area contributed by atoms with Crippen molar-refractivity contribution in [2.45, 2.75) is 139 Å². The third-order valence-corrected chi connectivity index (χ3v) is 15.9. The fourth-order valence-corrected chi connectivity index (χ4v) is 11.4. The Labute approximate surface area is 391 Å². The van der Waals surface area contributed by atoms with Gasteiger partial charge < -0.3 is 25.8 Å². The molecule has 3 N–H and O–H groups in total. The minimum absolute atomic E-state index is 0.00170. The predicted octanol–water partition coefficient (Wildman–Crippen LogP) is 6.76. The van der Waals surface area contributed by atoms with Crippen LogP contribution in [0.4, 0.5) is 0 Å². The summed E-state index contributed by atoms with van der Waals surface area (Å²) < 4.78 is 29.7. The van der Waals surface area contributed by atoms with Gasteiger partial charge in [0.05, 0.1) is 16.7 Å². The molecule has 2 aliphatic heterocycles. The molecule has 2 aliphatic carbocycles. The van der Waals surface area contributed by atoms with Gasteiger partial charge >= 0.3 is 0 Å². The lowest BCUT2D eigenvalue weighted by atomic mass is 9.94. The molecule has 14 heteroatoms. The summed E-state index contributed by atoms with van der Waals surface area (Å²) in [5, 5.41) is 9.26. The fourth-order valence-electron chi connectivity index (χ4n) is 9.92. The summed E-state index contributed by atoms with van der Waals surface area (Å²) in [4.78, 5) is 71.2. The standard InChI is InChI=1S/C52H70N6O7S/c1-3-4-5-6-7-8-9-10-11-12-13-20-28-53-51(62)48-36-57(29-30-58(48)37(2)59)66(64,65)41-27-21-26-40(31-41)52(63)56-34-44(49(60)54-46-32-42(46)38-22-16-14-17-23-38)45(35-56)50(61)55-47-33-43(47)39-24-18-15-19-25-39/h14-19,21-27,31,42-48H,3-13,20,28-30,32-36H2,1-2H3,(H,53,62)(H,54,60)(H,55,61)/t42-,43-,44-,45-,46+,47+,48-/m1/s1. The average Bonchev–Trinajstić information content (AvgIpc) is 4.24. The van der Waals surface area contributed by atoms with E-state index in [-0.39, 0.29) is 84.8 Å². The monoisotopic (exact) mass is 923 g/mol. The average molecular weight is 923 g/mol. The number of carbonyl (C=O) groups excluding carboxylic acids is 5. The van der Waals surface area contributed by atoms with Crippen molar-refractivity contribution in [3.63, 3.8) is 0 Å². The van der Waals surface area contributed by atoms with Crippen LogP contribution in [0.1, 0.15) is 137 Å². The molecule has 0 aromatic heterocycles. The smallest absolute Gasteiger partial charge is 0.253 e. The number of amides is 5. The lowest BCUT2D eigenvalue weighted by Crippen LogP contribution is -2.61. The van der Waals surface area contributed by atoms with Crippen LogP contribution in [-0.2, 0) is 29.2 Å². The second-order valence-corrected chi connectivity index (χ2v) is 20.9. The Morgan fingerprint density at radius 3 is 1.64 bits per heavy atom. The van der Waals surface area contributed by atoms with E-state index < -0.39 is 39.7 Å². The zero-order valence-electron chi connectivity index (χ0n) is 38.9. The van der Waals surface area contributed by atoms with Crippen LogP contribution >= 0.6 is 0 Å². The molecule has 66 heavy (non-hydrogen) atoms. The Hall–Kier alpha value is -5.08. The number of rotatable bonds is 23. The normalized spacial score (nSPS) is 23.8. The number of likely N-dealkylation sites (tertiary alicyclic amines) is 1. The summed E-state index contributed by atoms with van der Waals surface area (Å²) in [5.74, 6) is -2.98. The third-order valence-electron chi connectivity index (χ3n) is 14.1. The third kappa shape index (κ3) is 12.7. The first-order chi connectivity index (χ1) is 32.0. The maximum Gasteiger partial charge on any atom is 0.253 e. The van der Waals surface area contributed by atoms with Crippen molar-refractivity contribution in [1.29, 1.82) is 0 Å². The van der Waals surface area contributed by atoms with Crippen molar-refractivity contribution in [3.05, 3.63) is 102 Å². The van der Waals surface area contributed by atoms with Crippen LogP contribution in [0, 0.1) is 11.8 Å². The molecule has 3 aromatic rings. The summed E-state index contributed by atoms with van der Waals surface area (Å²) in [6.07, 6.45) is 16.0. The van der Waals surface area contributed by atoms with Crippen LogP contribution in [-0.4, -0.2) is 109 Å². The number of nitrogens with zero attached hydrogens (tertiary/aromatic N) is 3. The minimum Gasteiger partial charge on any atom is -0.354 e. The highest BCUT2D eigenvalue weighted by molar-refractivity contribution is 7.89. The van der Waals surface area contributed by atoms with Gasteiger partial charge in [-0.05, 0) is 48.6 Å². The lowest BCUT2D eigenvalue weighted by Gasteiger charge is -2.39. The number of nitrogens with one attached hydrogen (secondary N) is 3. The van der Waals surface area contributed by atoms with Gasteiger partial charge in [-0.15, -0.1) is 0 Å². The van der Waals surface area contributed by atoms with E-state index in [0.29, 0.717) is 6.54 Å². The molecule has 0 spiro atoms. The molecular formula is C52H70N6O7S. The Kier molecular flexibility index (Phi) is 17.1. The van der Waals surface area contributed by atoms with Gasteiger partial charge in [-0.3, -0.25) is 24.0 Å². The van der Waals surface area contributed by atoms with Crippen molar-refractivity contribution in [3.8, 4) is 0 Å². The fraction of sp³-hybridized carbons (Fsp3) is 0.558. The molecule has 7 atom stereocenters. The lowest BCUT2D eigenvalue weighted by molar-refractivity contribution is -0.141. The van der Waals surface area contributed by atoms with Gasteiger partial charge in [0.1, 0.15) is 6.04 Å². The Bertz CT molecular complexity index is 2170. The number of carbonyl (C=O) groups is 5. The molecule has 2 saturated carbocycles. The van der Waals surface area contributed by atoms with Gasteiger partial charge in [0.2, 0.25) is 33.7 Å². The minimum atomic E-state index is -4.21. The van der Waals surface area contributed by atoms with E-state index >= 15 is 0 Å². The number of benzene rings is 3. The zero-order valence-corrected chi connectivity index (χ0v) is 39.7. The molecule has 0 bridgehead atoms. The first kappa shape index (κ1) is 48.8. The van der Waals surface area contributed by atoms with Gasteiger partial charge in [-0.25, -0.2) is 8.42 Å². The first-order valence-electron chi connectivity index (χ1n) is 24.6. The molecule has 4 fully saturated rings. The van der Waals surface area contributed by atoms with Crippen LogP contribution < -0.4 is 16.0 Å². The number of hydrogen-bond donors (Lipinski definition) is 3. The van der Waals surface area contributed by atoms with Crippen molar-refractivity contribution in [2.75, 3.05) is 39.3 Å². The summed E-state index contributed by atoms with van der Waals surface area (Å²) in [7, 11) is -4.21. The molecule has 0 unspecified atom stereocenters. The second-order valence-electron chi connectivity index (χ2n) is 19.0. The van der Waals surface area contributed by atoms with E-state index in [4.69, 9.17) is 0 Å². The Balaban J connectivity index is 0.952. The van der Waals surface area contributed by atoms with Crippen LogP contribution in [0.2, 0.25) is 0 Å². The van der Waals surface area contributed by atoms with Gasteiger partial charge in [0.15, 0.2) is 0 Å².